The summed E-state index contributed by atoms with van der Waals surface area (Å²) >= 11 is 2.62. The number of anilines is 1. The zero-order valence-electron chi connectivity index (χ0n) is 11.9. The van der Waals surface area contributed by atoms with Gasteiger partial charge in [0.2, 0.25) is 11.1 Å². The average molecular weight is 347 g/mol. The summed E-state index contributed by atoms with van der Waals surface area (Å²) in [4.78, 5) is 20.0. The predicted octanol–water partition coefficient (Wildman–Crippen LogP) is 2.57. The Kier molecular flexibility index (Phi) is 5.22. The minimum Gasteiger partial charge on any atom is -0.486 e. The summed E-state index contributed by atoms with van der Waals surface area (Å²) in [5.41, 5.74) is 0. The number of hydrogen-bond donors (Lipinski definition) is 2. The molecule has 0 aliphatic rings. The molecule has 0 bridgehead atoms. The van der Waals surface area contributed by atoms with E-state index in [9.17, 15) is 4.79 Å². The zero-order chi connectivity index (χ0) is 15.9. The highest BCUT2D eigenvalue weighted by Gasteiger charge is 2.09. The fraction of sp³-hybridized carbons (Fsp3) is 0.143. The van der Waals surface area contributed by atoms with Gasteiger partial charge in [-0.05, 0) is 12.1 Å². The van der Waals surface area contributed by atoms with E-state index in [4.69, 9.17) is 4.74 Å². The fourth-order valence-corrected chi connectivity index (χ4v) is 2.81. The van der Waals surface area contributed by atoms with Crippen molar-refractivity contribution >= 4 is 34.1 Å². The number of ether oxygens (including phenoxy) is 1. The summed E-state index contributed by atoms with van der Waals surface area (Å²) in [5.74, 6) is 1.45. The van der Waals surface area contributed by atoms with Crippen molar-refractivity contribution < 1.29 is 9.53 Å². The first-order chi connectivity index (χ1) is 11.3. The molecule has 2 aromatic heterocycles. The van der Waals surface area contributed by atoms with E-state index < -0.39 is 0 Å². The van der Waals surface area contributed by atoms with E-state index in [1.54, 1.807) is 11.6 Å². The molecule has 0 unspecified atom stereocenters. The van der Waals surface area contributed by atoms with E-state index >= 15 is 0 Å². The summed E-state index contributed by atoms with van der Waals surface area (Å²) in [6.07, 6.45) is 1.64. The summed E-state index contributed by atoms with van der Waals surface area (Å²) in [6.45, 7) is 0.295. The minimum atomic E-state index is -0.142. The number of amides is 1. The van der Waals surface area contributed by atoms with Crippen LogP contribution in [0.5, 0.6) is 5.75 Å². The van der Waals surface area contributed by atoms with Crippen LogP contribution in [-0.2, 0) is 11.4 Å². The highest BCUT2D eigenvalue weighted by molar-refractivity contribution is 7.99. The molecule has 7 nitrogen and oxygen atoms in total. The van der Waals surface area contributed by atoms with Gasteiger partial charge in [0.15, 0.2) is 11.0 Å². The maximum absolute atomic E-state index is 11.7. The first-order valence-corrected chi connectivity index (χ1v) is 8.57. The van der Waals surface area contributed by atoms with E-state index in [-0.39, 0.29) is 11.7 Å². The highest BCUT2D eigenvalue weighted by atomic mass is 32.2. The molecule has 2 heterocycles. The monoisotopic (exact) mass is 347 g/mol. The summed E-state index contributed by atoms with van der Waals surface area (Å²) < 4.78 is 5.57. The number of thioether (sulfide) groups is 1. The predicted molar refractivity (Wildman–Crippen MR) is 88.6 cm³/mol. The minimum absolute atomic E-state index is 0.142. The summed E-state index contributed by atoms with van der Waals surface area (Å²) in [7, 11) is 0. The molecule has 23 heavy (non-hydrogen) atoms. The van der Waals surface area contributed by atoms with Gasteiger partial charge >= 0.3 is 0 Å². The van der Waals surface area contributed by atoms with E-state index in [2.05, 4.69) is 25.5 Å². The molecule has 0 fully saturated rings. The molecule has 9 heteroatoms. The molecule has 0 saturated heterocycles. The van der Waals surface area contributed by atoms with Gasteiger partial charge in [0, 0.05) is 11.6 Å². The van der Waals surface area contributed by atoms with Crippen molar-refractivity contribution in [3.05, 3.63) is 47.7 Å². The SMILES string of the molecule is O=C(CSc1n[nH]c(COc2ccccc2)n1)Nc1nccs1. The lowest BCUT2D eigenvalue weighted by Gasteiger charge is -2.02. The van der Waals surface area contributed by atoms with Crippen LogP contribution in [0, 0.1) is 0 Å². The molecule has 0 atom stereocenters. The maximum Gasteiger partial charge on any atom is 0.236 e. The largest absolute Gasteiger partial charge is 0.486 e. The third kappa shape index (κ3) is 4.80. The van der Waals surface area contributed by atoms with Crippen molar-refractivity contribution in [2.75, 3.05) is 11.1 Å². The van der Waals surface area contributed by atoms with Crippen molar-refractivity contribution in [3.8, 4) is 5.75 Å². The number of thiazole rings is 1. The molecular formula is C14H13N5O2S2. The number of nitrogens with zero attached hydrogens (tertiary/aromatic N) is 3. The van der Waals surface area contributed by atoms with Crippen LogP contribution in [0.15, 0.2) is 47.1 Å². The molecule has 2 N–H and O–H groups in total. The van der Waals surface area contributed by atoms with Crippen LogP contribution >= 0.6 is 23.1 Å². The third-order valence-corrected chi connectivity index (χ3v) is 4.18. The van der Waals surface area contributed by atoms with Crippen molar-refractivity contribution in [2.24, 2.45) is 0 Å². The van der Waals surface area contributed by atoms with E-state index in [0.29, 0.717) is 22.7 Å². The molecule has 3 aromatic rings. The number of para-hydroxylation sites is 1. The van der Waals surface area contributed by atoms with Crippen molar-refractivity contribution in [2.45, 2.75) is 11.8 Å². The summed E-state index contributed by atoms with van der Waals surface area (Å²) in [5, 5.41) is 12.4. The lowest BCUT2D eigenvalue weighted by Crippen LogP contribution is -2.13. The summed E-state index contributed by atoms with van der Waals surface area (Å²) in [6, 6.07) is 9.47. The average Bonchev–Trinajstić information content (AvgIpc) is 3.24. The van der Waals surface area contributed by atoms with Crippen LogP contribution in [0.3, 0.4) is 0 Å². The second-order valence-electron chi connectivity index (χ2n) is 4.34. The molecular weight excluding hydrogens is 334 g/mol. The second kappa shape index (κ2) is 7.75. The lowest BCUT2D eigenvalue weighted by molar-refractivity contribution is -0.113. The Hall–Kier alpha value is -2.39. The topological polar surface area (TPSA) is 92.8 Å². The van der Waals surface area contributed by atoms with Crippen LogP contribution in [0.1, 0.15) is 5.82 Å². The van der Waals surface area contributed by atoms with Crippen molar-refractivity contribution in [1.29, 1.82) is 0 Å². The first kappa shape index (κ1) is 15.5. The number of carbonyl (C=O) groups is 1. The quantitative estimate of drug-likeness (QED) is 0.638. The number of benzene rings is 1. The number of aromatic amines is 1. The Morgan fingerprint density at radius 2 is 2.22 bits per heavy atom. The molecule has 3 rings (SSSR count). The Balaban J connectivity index is 1.44. The molecule has 118 valence electrons. The number of nitrogens with one attached hydrogen (secondary N) is 2. The molecule has 0 aliphatic heterocycles. The van der Waals surface area contributed by atoms with Gasteiger partial charge in [-0.2, -0.15) is 0 Å². The Morgan fingerprint density at radius 3 is 3.00 bits per heavy atom. The van der Waals surface area contributed by atoms with E-state index in [1.807, 2.05) is 30.3 Å². The van der Waals surface area contributed by atoms with Gasteiger partial charge in [-0.15, -0.1) is 16.4 Å². The molecule has 0 radical (unpaired) electrons. The van der Waals surface area contributed by atoms with Gasteiger partial charge in [0.1, 0.15) is 12.4 Å². The van der Waals surface area contributed by atoms with Gasteiger partial charge in [0.25, 0.3) is 0 Å². The van der Waals surface area contributed by atoms with Crippen molar-refractivity contribution in [1.82, 2.24) is 20.2 Å². The highest BCUT2D eigenvalue weighted by Crippen LogP contribution is 2.16. The molecule has 0 saturated carbocycles. The number of carbonyl (C=O) groups excluding carboxylic acids is 1. The van der Waals surface area contributed by atoms with E-state index in [1.165, 1.54) is 23.1 Å². The van der Waals surface area contributed by atoms with Crippen LogP contribution in [0.4, 0.5) is 5.13 Å². The van der Waals surface area contributed by atoms with Gasteiger partial charge in [-0.1, -0.05) is 30.0 Å². The van der Waals surface area contributed by atoms with Crippen LogP contribution < -0.4 is 10.1 Å². The Bertz CT molecular complexity index is 746. The number of rotatable bonds is 7. The normalized spacial score (nSPS) is 10.4. The van der Waals surface area contributed by atoms with Crippen LogP contribution in [0.25, 0.3) is 0 Å². The van der Waals surface area contributed by atoms with Gasteiger partial charge in [0.05, 0.1) is 5.75 Å². The van der Waals surface area contributed by atoms with Crippen molar-refractivity contribution in [3.63, 3.8) is 0 Å². The zero-order valence-corrected chi connectivity index (χ0v) is 13.6. The third-order valence-electron chi connectivity index (χ3n) is 2.64. The molecule has 1 aromatic carbocycles. The Labute approximate surface area is 140 Å². The molecule has 0 aliphatic carbocycles. The number of hydrogen-bond acceptors (Lipinski definition) is 7. The van der Waals surface area contributed by atoms with Crippen LogP contribution in [0.2, 0.25) is 0 Å². The maximum atomic E-state index is 11.7. The van der Waals surface area contributed by atoms with E-state index in [0.717, 1.165) is 5.75 Å². The number of aromatic nitrogens is 4. The van der Waals surface area contributed by atoms with Gasteiger partial charge in [-0.25, -0.2) is 9.97 Å². The van der Waals surface area contributed by atoms with Crippen LogP contribution in [-0.4, -0.2) is 31.8 Å². The Morgan fingerprint density at radius 1 is 1.35 bits per heavy atom. The fourth-order valence-electron chi connectivity index (χ4n) is 1.65. The lowest BCUT2D eigenvalue weighted by atomic mass is 10.3. The molecule has 0 spiro atoms. The smallest absolute Gasteiger partial charge is 0.236 e. The van der Waals surface area contributed by atoms with Gasteiger partial charge in [-0.3, -0.25) is 9.89 Å². The first-order valence-electron chi connectivity index (χ1n) is 6.71. The molecule has 1 amide bonds. The standard InChI is InChI=1S/C14H13N5O2S2/c20-12(17-13-15-6-7-22-13)9-23-14-16-11(18-19-14)8-21-10-4-2-1-3-5-10/h1-7H,8-9H2,(H,15,17,20)(H,16,18,19). The second-order valence-corrected chi connectivity index (χ2v) is 6.18. The number of H-pyrrole nitrogens is 1. The van der Waals surface area contributed by atoms with Gasteiger partial charge < -0.3 is 10.1 Å².